The molecule has 0 N–H and O–H groups in total. The number of aryl methyl sites for hydroxylation is 1. The van der Waals surface area contributed by atoms with Gasteiger partial charge < -0.3 is 0 Å². The molecule has 3 heteroatoms. The zero-order valence-electron chi connectivity index (χ0n) is 9.12. The molecule has 0 fully saturated rings. The highest BCUT2D eigenvalue weighted by molar-refractivity contribution is 7.80. The smallest absolute Gasteiger partial charge is 0.0628 e. The Morgan fingerprint density at radius 3 is 2.57 bits per heavy atom. The predicted octanol–water partition coefficient (Wildman–Crippen LogP) is 2.55. The van der Waals surface area contributed by atoms with Crippen molar-refractivity contribution in [2.75, 3.05) is 5.75 Å². The molecule has 2 nitrogen and oxygen atoms in total. The van der Waals surface area contributed by atoms with Gasteiger partial charge in [0.15, 0.2) is 0 Å². The molecule has 0 atom stereocenters. The molecule has 0 aliphatic rings. The van der Waals surface area contributed by atoms with Gasteiger partial charge in [-0.2, -0.15) is 17.7 Å². The fourth-order valence-corrected chi connectivity index (χ4v) is 1.82. The predicted molar refractivity (Wildman–Crippen MR) is 64.1 cm³/mol. The second-order valence-electron chi connectivity index (χ2n) is 3.34. The lowest BCUT2D eigenvalue weighted by Gasteiger charge is -2.00. The first-order valence-electron chi connectivity index (χ1n) is 4.99. The molecule has 0 saturated carbocycles. The van der Waals surface area contributed by atoms with Crippen LogP contribution in [0.3, 0.4) is 0 Å². The Kier molecular flexibility index (Phi) is 4.26. The van der Waals surface area contributed by atoms with Gasteiger partial charge in [-0.1, -0.05) is 19.1 Å². The van der Waals surface area contributed by atoms with Crippen LogP contribution in [0.5, 0.6) is 0 Å². The zero-order valence-corrected chi connectivity index (χ0v) is 10.0. The Balaban J connectivity index is 2.83. The highest BCUT2D eigenvalue weighted by Crippen LogP contribution is 2.13. The van der Waals surface area contributed by atoms with Crippen LogP contribution in [0.15, 0.2) is 12.2 Å². The largest absolute Gasteiger partial charge is 0.266 e. The molecule has 0 radical (unpaired) electrons. The zero-order chi connectivity index (χ0) is 10.6. The first-order chi connectivity index (χ1) is 6.70. The molecule has 1 heterocycles. The van der Waals surface area contributed by atoms with Crippen LogP contribution in [0, 0.1) is 13.8 Å². The Hall–Kier alpha value is -0.700. The van der Waals surface area contributed by atoms with Crippen LogP contribution in [0.25, 0.3) is 0 Å². The second kappa shape index (κ2) is 5.25. The molecule has 0 bridgehead atoms. The Morgan fingerprint density at radius 2 is 2.07 bits per heavy atom. The summed E-state index contributed by atoms with van der Waals surface area (Å²) in [5.41, 5.74) is 3.82. The van der Waals surface area contributed by atoms with E-state index in [0.717, 1.165) is 24.4 Å². The Labute approximate surface area is 91.4 Å². The average molecular weight is 210 g/mol. The van der Waals surface area contributed by atoms with Crippen molar-refractivity contribution in [1.29, 1.82) is 0 Å². The number of hydrogen-bond donors (Lipinski definition) is 1. The monoisotopic (exact) mass is 210 g/mol. The van der Waals surface area contributed by atoms with Crippen LogP contribution >= 0.6 is 12.6 Å². The Morgan fingerprint density at radius 1 is 1.36 bits per heavy atom. The van der Waals surface area contributed by atoms with E-state index < -0.39 is 0 Å². The highest BCUT2D eigenvalue weighted by atomic mass is 32.1. The van der Waals surface area contributed by atoms with E-state index in [9.17, 15) is 0 Å². The molecule has 0 aliphatic heterocycles. The van der Waals surface area contributed by atoms with E-state index in [2.05, 4.69) is 44.6 Å². The lowest BCUT2D eigenvalue weighted by atomic mass is 10.1. The minimum absolute atomic E-state index is 0.792. The van der Waals surface area contributed by atoms with Crippen molar-refractivity contribution in [2.45, 2.75) is 33.7 Å². The van der Waals surface area contributed by atoms with Crippen molar-refractivity contribution in [3.8, 4) is 0 Å². The topological polar surface area (TPSA) is 17.8 Å². The van der Waals surface area contributed by atoms with E-state index in [4.69, 9.17) is 0 Å². The molecule has 0 saturated heterocycles. The standard InChI is InChI=1S/C11H18N2S/c1-4-11-9(2)12-13(10(11)3)7-5-6-8-14/h5-6,14H,4,7-8H2,1-3H3. The van der Waals surface area contributed by atoms with E-state index in [1.165, 1.54) is 11.3 Å². The third kappa shape index (κ3) is 2.41. The summed E-state index contributed by atoms with van der Waals surface area (Å²) in [6.07, 6.45) is 5.21. The first kappa shape index (κ1) is 11.4. The molecule has 78 valence electrons. The summed E-state index contributed by atoms with van der Waals surface area (Å²) < 4.78 is 2.05. The van der Waals surface area contributed by atoms with Gasteiger partial charge in [0, 0.05) is 11.4 Å². The molecule has 1 aromatic heterocycles. The van der Waals surface area contributed by atoms with Crippen LogP contribution < -0.4 is 0 Å². The summed E-state index contributed by atoms with van der Waals surface area (Å²) in [5, 5.41) is 4.49. The minimum atomic E-state index is 0.792. The molecule has 1 rings (SSSR count). The first-order valence-corrected chi connectivity index (χ1v) is 5.62. The fraction of sp³-hybridized carbons (Fsp3) is 0.545. The molecule has 0 spiro atoms. The third-order valence-corrected chi connectivity index (χ3v) is 2.65. The van der Waals surface area contributed by atoms with Gasteiger partial charge in [-0.3, -0.25) is 4.68 Å². The third-order valence-electron chi connectivity index (χ3n) is 2.44. The molecular weight excluding hydrogens is 192 g/mol. The van der Waals surface area contributed by atoms with Crippen LogP contribution in [0.1, 0.15) is 23.9 Å². The molecule has 0 unspecified atom stereocenters. The number of thiol groups is 1. The van der Waals surface area contributed by atoms with Gasteiger partial charge in [-0.05, 0) is 25.8 Å². The van der Waals surface area contributed by atoms with Gasteiger partial charge in [-0.25, -0.2) is 0 Å². The van der Waals surface area contributed by atoms with Crippen molar-refractivity contribution in [1.82, 2.24) is 9.78 Å². The summed E-state index contributed by atoms with van der Waals surface area (Å²) in [4.78, 5) is 0. The quantitative estimate of drug-likeness (QED) is 0.597. The molecular formula is C11H18N2S. The number of hydrogen-bond acceptors (Lipinski definition) is 2. The summed E-state index contributed by atoms with van der Waals surface area (Å²) >= 11 is 4.12. The van der Waals surface area contributed by atoms with E-state index in [1.54, 1.807) is 0 Å². The molecule has 14 heavy (non-hydrogen) atoms. The maximum Gasteiger partial charge on any atom is 0.0628 e. The summed E-state index contributed by atoms with van der Waals surface area (Å²) in [7, 11) is 0. The van der Waals surface area contributed by atoms with Crippen LogP contribution in [0.2, 0.25) is 0 Å². The van der Waals surface area contributed by atoms with E-state index >= 15 is 0 Å². The maximum atomic E-state index is 4.49. The molecule has 1 aromatic rings. The van der Waals surface area contributed by atoms with Crippen LogP contribution in [-0.2, 0) is 13.0 Å². The Bertz CT molecular complexity index is 326. The lowest BCUT2D eigenvalue weighted by molar-refractivity contribution is 0.671. The lowest BCUT2D eigenvalue weighted by Crippen LogP contribution is -2.00. The van der Waals surface area contributed by atoms with E-state index in [0.29, 0.717) is 0 Å². The second-order valence-corrected chi connectivity index (χ2v) is 3.70. The number of rotatable bonds is 4. The SMILES string of the molecule is CCc1c(C)nn(CC=CCS)c1C. The van der Waals surface area contributed by atoms with Crippen LogP contribution in [0.4, 0.5) is 0 Å². The molecule has 0 amide bonds. The highest BCUT2D eigenvalue weighted by Gasteiger charge is 2.07. The minimum Gasteiger partial charge on any atom is -0.266 e. The van der Waals surface area contributed by atoms with E-state index in [1.807, 2.05) is 10.8 Å². The van der Waals surface area contributed by atoms with Gasteiger partial charge in [0.25, 0.3) is 0 Å². The van der Waals surface area contributed by atoms with Crippen LogP contribution in [-0.4, -0.2) is 15.5 Å². The van der Waals surface area contributed by atoms with Crippen molar-refractivity contribution < 1.29 is 0 Å². The maximum absolute atomic E-state index is 4.49. The van der Waals surface area contributed by atoms with Gasteiger partial charge in [0.1, 0.15) is 0 Å². The summed E-state index contributed by atoms with van der Waals surface area (Å²) in [6, 6.07) is 0. The molecule has 0 aromatic carbocycles. The van der Waals surface area contributed by atoms with Gasteiger partial charge in [0.2, 0.25) is 0 Å². The van der Waals surface area contributed by atoms with Crippen molar-refractivity contribution in [3.05, 3.63) is 29.1 Å². The van der Waals surface area contributed by atoms with E-state index in [-0.39, 0.29) is 0 Å². The van der Waals surface area contributed by atoms with Gasteiger partial charge >= 0.3 is 0 Å². The number of nitrogens with zero attached hydrogens (tertiary/aromatic N) is 2. The molecule has 0 aliphatic carbocycles. The van der Waals surface area contributed by atoms with Gasteiger partial charge in [0.05, 0.1) is 12.2 Å². The summed E-state index contributed by atoms with van der Waals surface area (Å²) in [6.45, 7) is 7.23. The fourth-order valence-electron chi connectivity index (χ4n) is 1.67. The number of aromatic nitrogens is 2. The van der Waals surface area contributed by atoms with Gasteiger partial charge in [-0.15, -0.1) is 0 Å². The van der Waals surface area contributed by atoms with Crippen molar-refractivity contribution >= 4 is 12.6 Å². The van der Waals surface area contributed by atoms with Crippen molar-refractivity contribution in [3.63, 3.8) is 0 Å². The summed E-state index contributed by atoms with van der Waals surface area (Å²) in [5.74, 6) is 0.792. The number of allylic oxidation sites excluding steroid dienone is 1. The average Bonchev–Trinajstić information content (AvgIpc) is 2.42. The van der Waals surface area contributed by atoms with Crippen molar-refractivity contribution in [2.24, 2.45) is 0 Å². The normalized spacial score (nSPS) is 11.4.